The molecular weight excluding hydrogens is 140 g/mol. The molecule has 1 unspecified atom stereocenters. The van der Waals surface area contributed by atoms with Gasteiger partial charge in [-0.1, -0.05) is 18.2 Å². The van der Waals surface area contributed by atoms with E-state index in [1.807, 2.05) is 18.2 Å². The van der Waals surface area contributed by atoms with E-state index in [-0.39, 0.29) is 0 Å². The zero-order valence-corrected chi connectivity index (χ0v) is 6.29. The molecule has 1 rings (SSSR count). The summed E-state index contributed by atoms with van der Waals surface area (Å²) < 4.78 is 0. The molecule has 0 heterocycles. The molecule has 1 amide bonds. The van der Waals surface area contributed by atoms with Crippen molar-refractivity contribution < 1.29 is 4.79 Å². The number of hydrogen-bond donors (Lipinski definition) is 2. The molecule has 0 aromatic carbocycles. The van der Waals surface area contributed by atoms with Crippen molar-refractivity contribution in [2.75, 3.05) is 0 Å². The van der Waals surface area contributed by atoms with Gasteiger partial charge in [-0.2, -0.15) is 0 Å². The fraction of sp³-hybridized carbons (Fsp3) is 0.375. The van der Waals surface area contributed by atoms with Crippen LogP contribution in [0.5, 0.6) is 0 Å². The molecule has 0 aromatic heterocycles. The Kier molecular flexibility index (Phi) is 2.44. The molecule has 0 aliphatic heterocycles. The van der Waals surface area contributed by atoms with Gasteiger partial charge in [0.2, 0.25) is 5.91 Å². The topological polar surface area (TPSA) is 69.1 Å². The third-order valence-electron chi connectivity index (χ3n) is 1.69. The molecule has 60 valence electrons. The van der Waals surface area contributed by atoms with Crippen LogP contribution in [0.3, 0.4) is 0 Å². The smallest absolute Gasteiger partial charge is 0.238 e. The van der Waals surface area contributed by atoms with Gasteiger partial charge in [0.25, 0.3) is 0 Å². The van der Waals surface area contributed by atoms with E-state index < -0.39 is 11.9 Å². The lowest BCUT2D eigenvalue weighted by Gasteiger charge is -2.11. The molecule has 1 aliphatic carbocycles. The fourth-order valence-electron chi connectivity index (χ4n) is 1.03. The Morgan fingerprint density at radius 3 is 2.73 bits per heavy atom. The number of nitrogens with two attached hydrogens (primary N) is 2. The van der Waals surface area contributed by atoms with E-state index >= 15 is 0 Å². The lowest BCUT2D eigenvalue weighted by molar-refractivity contribution is -0.118. The first-order valence-electron chi connectivity index (χ1n) is 3.63. The Morgan fingerprint density at radius 2 is 2.27 bits per heavy atom. The van der Waals surface area contributed by atoms with Crippen molar-refractivity contribution in [3.05, 3.63) is 23.8 Å². The second-order valence-corrected chi connectivity index (χ2v) is 2.56. The van der Waals surface area contributed by atoms with Gasteiger partial charge in [0.05, 0.1) is 0 Å². The van der Waals surface area contributed by atoms with Crippen molar-refractivity contribution in [2.24, 2.45) is 11.5 Å². The predicted octanol–water partition coefficient (Wildman–Crippen LogP) is 0.0754. The van der Waals surface area contributed by atoms with E-state index in [0.29, 0.717) is 0 Å². The van der Waals surface area contributed by atoms with Crippen LogP contribution in [0.25, 0.3) is 0 Å². The lowest BCUT2D eigenvalue weighted by atomic mass is 10.0. The summed E-state index contributed by atoms with van der Waals surface area (Å²) in [5, 5.41) is 0. The quantitative estimate of drug-likeness (QED) is 0.588. The highest BCUT2D eigenvalue weighted by atomic mass is 16.1. The maximum Gasteiger partial charge on any atom is 0.238 e. The van der Waals surface area contributed by atoms with E-state index in [9.17, 15) is 4.79 Å². The van der Waals surface area contributed by atoms with Crippen LogP contribution in [0.15, 0.2) is 23.8 Å². The molecule has 11 heavy (non-hydrogen) atoms. The first-order chi connectivity index (χ1) is 5.22. The summed E-state index contributed by atoms with van der Waals surface area (Å²) in [6, 6.07) is -0.633. The van der Waals surface area contributed by atoms with Crippen molar-refractivity contribution in [2.45, 2.75) is 18.9 Å². The largest absolute Gasteiger partial charge is 0.368 e. The van der Waals surface area contributed by atoms with Crippen molar-refractivity contribution in [3.63, 3.8) is 0 Å². The van der Waals surface area contributed by atoms with E-state index in [0.717, 1.165) is 18.4 Å². The van der Waals surface area contributed by atoms with Crippen molar-refractivity contribution in [1.29, 1.82) is 0 Å². The minimum absolute atomic E-state index is 0.470. The second-order valence-electron chi connectivity index (χ2n) is 2.56. The van der Waals surface area contributed by atoms with Gasteiger partial charge in [0, 0.05) is 0 Å². The molecule has 0 radical (unpaired) electrons. The molecule has 0 spiro atoms. The molecule has 1 atom stereocenters. The van der Waals surface area contributed by atoms with Gasteiger partial charge < -0.3 is 11.5 Å². The normalized spacial score (nSPS) is 19.2. The van der Waals surface area contributed by atoms with Gasteiger partial charge >= 0.3 is 0 Å². The van der Waals surface area contributed by atoms with Gasteiger partial charge in [0.1, 0.15) is 6.04 Å². The Morgan fingerprint density at radius 1 is 1.55 bits per heavy atom. The number of amides is 1. The van der Waals surface area contributed by atoms with E-state index in [1.54, 1.807) is 0 Å². The molecule has 0 fully saturated rings. The number of rotatable bonds is 2. The molecule has 0 aromatic rings. The van der Waals surface area contributed by atoms with Gasteiger partial charge in [-0.05, 0) is 18.4 Å². The van der Waals surface area contributed by atoms with Crippen LogP contribution in [0.2, 0.25) is 0 Å². The summed E-state index contributed by atoms with van der Waals surface area (Å²) >= 11 is 0. The van der Waals surface area contributed by atoms with Crippen LogP contribution < -0.4 is 11.5 Å². The van der Waals surface area contributed by atoms with Crippen LogP contribution >= 0.6 is 0 Å². The summed E-state index contributed by atoms with van der Waals surface area (Å²) in [5.41, 5.74) is 11.4. The van der Waals surface area contributed by atoms with Crippen molar-refractivity contribution in [3.8, 4) is 0 Å². The van der Waals surface area contributed by atoms with Crippen LogP contribution in [0.4, 0.5) is 0 Å². The maximum atomic E-state index is 10.6. The maximum absolute atomic E-state index is 10.6. The Hall–Kier alpha value is -1.09. The first-order valence-corrected chi connectivity index (χ1v) is 3.63. The molecule has 3 nitrogen and oxygen atoms in total. The number of primary amides is 1. The first kappa shape index (κ1) is 8.01. The zero-order valence-electron chi connectivity index (χ0n) is 6.29. The average molecular weight is 152 g/mol. The van der Waals surface area contributed by atoms with E-state index in [1.165, 1.54) is 0 Å². The van der Waals surface area contributed by atoms with Gasteiger partial charge in [0.15, 0.2) is 0 Å². The minimum Gasteiger partial charge on any atom is -0.368 e. The molecule has 4 N–H and O–H groups in total. The van der Waals surface area contributed by atoms with Crippen LogP contribution in [-0.4, -0.2) is 11.9 Å². The monoisotopic (exact) mass is 152 g/mol. The molecule has 0 saturated heterocycles. The standard InChI is InChI=1S/C8H12N2O/c9-7(8(10)11)6-4-2-1-3-5-6/h2,4-5,7H,1,3,9H2,(H2,10,11). The summed E-state index contributed by atoms with van der Waals surface area (Å²) in [4.78, 5) is 10.6. The Labute approximate surface area is 65.8 Å². The van der Waals surface area contributed by atoms with Gasteiger partial charge in [-0.15, -0.1) is 0 Å². The number of allylic oxidation sites excluding steroid dienone is 2. The van der Waals surface area contributed by atoms with E-state index in [4.69, 9.17) is 11.5 Å². The third-order valence-corrected chi connectivity index (χ3v) is 1.69. The van der Waals surface area contributed by atoms with Crippen molar-refractivity contribution >= 4 is 5.91 Å². The molecule has 3 heteroatoms. The molecule has 1 aliphatic rings. The second kappa shape index (κ2) is 3.34. The summed E-state index contributed by atoms with van der Waals surface area (Å²) in [6.45, 7) is 0. The predicted molar refractivity (Wildman–Crippen MR) is 43.6 cm³/mol. The van der Waals surface area contributed by atoms with Crippen molar-refractivity contribution in [1.82, 2.24) is 0 Å². The number of hydrogen-bond acceptors (Lipinski definition) is 2. The fourth-order valence-corrected chi connectivity index (χ4v) is 1.03. The minimum atomic E-state index is -0.633. The number of carbonyl (C=O) groups excluding carboxylic acids is 1. The average Bonchev–Trinajstić information content (AvgIpc) is 2.05. The molecule has 0 saturated carbocycles. The van der Waals surface area contributed by atoms with Gasteiger partial charge in [-0.3, -0.25) is 4.79 Å². The number of carbonyl (C=O) groups is 1. The lowest BCUT2D eigenvalue weighted by Crippen LogP contribution is -2.37. The zero-order chi connectivity index (χ0) is 8.27. The Bertz CT molecular complexity index is 218. The summed E-state index contributed by atoms with van der Waals surface area (Å²) in [5.74, 6) is -0.470. The van der Waals surface area contributed by atoms with Crippen LogP contribution in [0.1, 0.15) is 12.8 Å². The van der Waals surface area contributed by atoms with Crippen LogP contribution in [-0.2, 0) is 4.79 Å². The highest BCUT2D eigenvalue weighted by Crippen LogP contribution is 2.11. The SMILES string of the molecule is NC(=O)C(N)C1=CCCC=C1. The Balaban J connectivity index is 2.66. The molecule has 0 bridgehead atoms. The van der Waals surface area contributed by atoms with Gasteiger partial charge in [-0.25, -0.2) is 0 Å². The summed E-state index contributed by atoms with van der Waals surface area (Å²) in [7, 11) is 0. The highest BCUT2D eigenvalue weighted by Gasteiger charge is 2.13. The third kappa shape index (κ3) is 1.91. The highest BCUT2D eigenvalue weighted by molar-refractivity contribution is 5.83. The summed E-state index contributed by atoms with van der Waals surface area (Å²) in [6.07, 6.45) is 7.79. The van der Waals surface area contributed by atoms with E-state index in [2.05, 4.69) is 0 Å². The van der Waals surface area contributed by atoms with Crippen LogP contribution in [0, 0.1) is 0 Å². The molecular formula is C8H12N2O.